The van der Waals surface area contributed by atoms with Gasteiger partial charge in [-0.05, 0) is 39.4 Å². The molecule has 0 unspecified atom stereocenters. The predicted molar refractivity (Wildman–Crippen MR) is 81.2 cm³/mol. The van der Waals surface area contributed by atoms with Crippen molar-refractivity contribution in [1.82, 2.24) is 0 Å². The van der Waals surface area contributed by atoms with E-state index in [9.17, 15) is 0 Å². The minimum atomic E-state index is -2.33. The summed E-state index contributed by atoms with van der Waals surface area (Å²) in [7, 11) is -2.33. The van der Waals surface area contributed by atoms with Crippen LogP contribution < -0.4 is 0 Å². The number of thiocarbonyl (C=S) groups is 1. The van der Waals surface area contributed by atoms with E-state index >= 15 is 0 Å². The van der Waals surface area contributed by atoms with Crippen molar-refractivity contribution in [2.75, 3.05) is 19.8 Å². The van der Waals surface area contributed by atoms with E-state index in [4.69, 9.17) is 18.4 Å². The number of unbranched alkanes of at least 4 members (excludes halogenated alkanes) is 2. The van der Waals surface area contributed by atoms with Gasteiger partial charge in [-0.1, -0.05) is 19.8 Å². The maximum absolute atomic E-state index is 7.26. The lowest BCUT2D eigenvalue weighted by atomic mass is 10.3. The van der Waals surface area contributed by atoms with Gasteiger partial charge >= 0.3 is 8.80 Å². The largest absolute Gasteiger partial charge is 0.504 e. The Morgan fingerprint density at radius 1 is 0.944 bits per heavy atom. The quantitative estimate of drug-likeness (QED) is 0.378. The molecule has 0 heterocycles. The van der Waals surface area contributed by atoms with Crippen LogP contribution in [0.25, 0.3) is 0 Å². The molecule has 0 aromatic rings. The fraction of sp³-hybridized carbons (Fsp3) is 0.917. The molecule has 1 N–H and O–H groups in total. The topological polar surface area (TPSA) is 47.9 Å². The molecule has 0 saturated heterocycles. The summed E-state index contributed by atoms with van der Waals surface area (Å²) < 4.78 is 17.3. The van der Waals surface area contributed by atoms with E-state index in [0.717, 1.165) is 12.5 Å². The second-order valence-corrected chi connectivity index (χ2v) is 6.49. The normalized spacial score (nSPS) is 10.7. The van der Waals surface area contributed by atoms with Crippen molar-refractivity contribution in [2.24, 2.45) is 0 Å². The highest BCUT2D eigenvalue weighted by molar-refractivity contribution is 7.78. The van der Waals surface area contributed by atoms with Crippen molar-refractivity contribution >= 4 is 26.6 Å². The smallest absolute Gasteiger partial charge is 0.500 e. The van der Waals surface area contributed by atoms with Crippen LogP contribution >= 0.6 is 12.2 Å². The van der Waals surface area contributed by atoms with E-state index in [2.05, 4.69) is 19.1 Å². The fourth-order valence-corrected chi connectivity index (χ4v) is 4.28. The van der Waals surface area contributed by atoms with Gasteiger partial charge in [-0.15, -0.1) is 0 Å². The van der Waals surface area contributed by atoms with Gasteiger partial charge in [-0.2, -0.15) is 0 Å². The average Bonchev–Trinajstić information content (AvgIpc) is 2.31. The van der Waals surface area contributed by atoms with Crippen LogP contribution in [0.1, 0.15) is 47.0 Å². The maximum Gasteiger partial charge on any atom is 0.500 e. The second kappa shape index (κ2) is 15.0. The first-order valence-electron chi connectivity index (χ1n) is 6.65. The molecule has 0 aromatic carbocycles. The van der Waals surface area contributed by atoms with Crippen LogP contribution in [-0.4, -0.2) is 39.3 Å². The van der Waals surface area contributed by atoms with Crippen molar-refractivity contribution in [2.45, 2.75) is 53.0 Å². The number of aliphatic hydroxyl groups is 1. The van der Waals surface area contributed by atoms with Crippen LogP contribution in [0.4, 0.5) is 0 Å². The van der Waals surface area contributed by atoms with E-state index in [0.29, 0.717) is 25.4 Å². The number of hydrogen-bond donors (Lipinski definition) is 1. The zero-order valence-electron chi connectivity index (χ0n) is 12.1. The molecule has 0 fully saturated rings. The highest BCUT2D eigenvalue weighted by atomic mass is 32.1. The van der Waals surface area contributed by atoms with Gasteiger partial charge in [0.15, 0.2) is 0 Å². The highest BCUT2D eigenvalue weighted by Gasteiger charge is 2.39. The monoisotopic (exact) mass is 296 g/mol. The van der Waals surface area contributed by atoms with Gasteiger partial charge in [-0.3, -0.25) is 0 Å². The molecule has 0 atom stereocenters. The lowest BCUT2D eigenvalue weighted by Gasteiger charge is -2.28. The lowest BCUT2D eigenvalue weighted by molar-refractivity contribution is 0.0707. The van der Waals surface area contributed by atoms with E-state index in [-0.39, 0.29) is 0 Å². The zero-order chi connectivity index (χ0) is 14.3. The Hall–Kier alpha value is -0.0131. The van der Waals surface area contributed by atoms with Gasteiger partial charge in [0.1, 0.15) is 5.55 Å². The molecule has 0 amide bonds. The van der Waals surface area contributed by atoms with E-state index in [1.165, 1.54) is 12.8 Å². The molecule has 110 valence electrons. The molecular formula is C12H28O4SSi. The van der Waals surface area contributed by atoms with Gasteiger partial charge in [0, 0.05) is 25.9 Å². The van der Waals surface area contributed by atoms with E-state index < -0.39 is 8.80 Å². The molecule has 18 heavy (non-hydrogen) atoms. The predicted octanol–water partition coefficient (Wildman–Crippen LogP) is 3.73. The lowest BCUT2D eigenvalue weighted by Crippen LogP contribution is -2.45. The molecule has 4 nitrogen and oxygen atoms in total. The van der Waals surface area contributed by atoms with Gasteiger partial charge in [-0.25, -0.2) is 0 Å². The molecule has 0 rings (SSSR count). The van der Waals surface area contributed by atoms with Crippen molar-refractivity contribution < 1.29 is 18.4 Å². The molecule has 0 aliphatic carbocycles. The number of hydrogen-bond acceptors (Lipinski definition) is 4. The first-order chi connectivity index (χ1) is 8.66. The third-order valence-corrected chi connectivity index (χ3v) is 5.33. The molecular weight excluding hydrogens is 268 g/mol. The SMILES string of the molecule is CCCCC[Si](OCC)(OCC)OCC.OC=S. The summed E-state index contributed by atoms with van der Waals surface area (Å²) >= 11 is 3.82. The Morgan fingerprint density at radius 3 is 1.61 bits per heavy atom. The van der Waals surface area contributed by atoms with Crippen LogP contribution in [-0.2, 0) is 13.3 Å². The second-order valence-electron chi connectivity index (χ2n) is 3.54. The first kappa shape index (κ1) is 20.3. The van der Waals surface area contributed by atoms with Crippen LogP contribution in [0, 0.1) is 0 Å². The van der Waals surface area contributed by atoms with Crippen molar-refractivity contribution in [3.05, 3.63) is 0 Å². The molecule has 0 spiro atoms. The van der Waals surface area contributed by atoms with Crippen molar-refractivity contribution in [3.8, 4) is 0 Å². The van der Waals surface area contributed by atoms with Gasteiger partial charge in [0.25, 0.3) is 0 Å². The molecule has 0 aliphatic rings. The summed E-state index contributed by atoms with van der Waals surface area (Å²) in [5.41, 5.74) is 0.583. The van der Waals surface area contributed by atoms with E-state index in [1.54, 1.807) is 0 Å². The van der Waals surface area contributed by atoms with Crippen molar-refractivity contribution in [1.29, 1.82) is 0 Å². The third-order valence-electron chi connectivity index (χ3n) is 2.18. The van der Waals surface area contributed by atoms with Crippen molar-refractivity contribution in [3.63, 3.8) is 0 Å². The van der Waals surface area contributed by atoms with Crippen LogP contribution in [0.5, 0.6) is 0 Å². The summed E-state index contributed by atoms with van der Waals surface area (Å²) in [5, 5.41) is 7.26. The average molecular weight is 297 g/mol. The molecule has 6 heteroatoms. The Labute approximate surface area is 118 Å². The Morgan fingerprint density at radius 2 is 1.33 bits per heavy atom. The summed E-state index contributed by atoms with van der Waals surface area (Å²) in [4.78, 5) is 0. The number of aliphatic hydroxyl groups excluding tert-OH is 1. The van der Waals surface area contributed by atoms with Gasteiger partial charge < -0.3 is 18.4 Å². The van der Waals surface area contributed by atoms with Gasteiger partial charge in [0.05, 0.1) is 0 Å². The minimum absolute atomic E-state index is 0.583. The molecule has 0 aromatic heterocycles. The van der Waals surface area contributed by atoms with Crippen LogP contribution in [0.2, 0.25) is 6.04 Å². The highest BCUT2D eigenvalue weighted by Crippen LogP contribution is 2.19. The third kappa shape index (κ3) is 11.1. The zero-order valence-corrected chi connectivity index (χ0v) is 13.9. The summed E-state index contributed by atoms with van der Waals surface area (Å²) in [6, 6.07) is 0.955. The first-order valence-corrected chi connectivity index (χ1v) is 9.06. The number of rotatable bonds is 10. The van der Waals surface area contributed by atoms with Crippen LogP contribution in [0.3, 0.4) is 0 Å². The summed E-state index contributed by atoms with van der Waals surface area (Å²) in [6.45, 7) is 10.2. The molecule has 0 bridgehead atoms. The van der Waals surface area contributed by atoms with E-state index in [1.807, 2.05) is 20.8 Å². The van der Waals surface area contributed by atoms with Crippen LogP contribution in [0.15, 0.2) is 0 Å². The Balaban J connectivity index is 0. The maximum atomic E-state index is 7.26. The standard InChI is InChI=1S/C11H26O3Si.CH2OS/c1-5-9-10-11-15(12-6-2,13-7-3)14-8-4;2-1-3/h5-11H2,1-4H3;1H,(H,2,3). The van der Waals surface area contributed by atoms with Gasteiger partial charge in [0.2, 0.25) is 0 Å². The fourth-order valence-electron chi connectivity index (χ4n) is 1.59. The molecule has 0 radical (unpaired) electrons. The Bertz CT molecular complexity index is 164. The minimum Gasteiger partial charge on any atom is -0.504 e. The summed E-state index contributed by atoms with van der Waals surface area (Å²) in [5.74, 6) is 0. The summed E-state index contributed by atoms with van der Waals surface area (Å²) in [6.07, 6.45) is 3.58. The molecule has 0 saturated carbocycles. The molecule has 0 aliphatic heterocycles. The Kier molecular flexibility index (Phi) is 17.0.